The van der Waals surface area contributed by atoms with E-state index in [1.165, 1.54) is 13.0 Å². The highest BCUT2D eigenvalue weighted by Gasteiger charge is 2.19. The third-order valence-corrected chi connectivity index (χ3v) is 3.13. The average molecular weight is 298 g/mol. The van der Waals surface area contributed by atoms with Crippen molar-refractivity contribution in [2.45, 2.75) is 45.8 Å². The first kappa shape index (κ1) is 16.9. The minimum absolute atomic E-state index is 0.0668. The second-order valence-electron chi connectivity index (χ2n) is 4.65. The molecule has 116 valence electrons. The van der Waals surface area contributed by atoms with Gasteiger partial charge in [0, 0.05) is 18.2 Å². The number of amides is 1. The Labute approximate surface area is 122 Å². The van der Waals surface area contributed by atoms with Crippen molar-refractivity contribution in [2.75, 3.05) is 0 Å². The van der Waals surface area contributed by atoms with Gasteiger partial charge in [-0.1, -0.05) is 13.8 Å². The molecule has 1 aromatic carbocycles. The predicted molar refractivity (Wildman–Crippen MR) is 75.7 cm³/mol. The molecule has 0 saturated heterocycles. The van der Waals surface area contributed by atoms with Crippen LogP contribution in [0.3, 0.4) is 0 Å². The lowest BCUT2D eigenvalue weighted by atomic mass is 10.1. The van der Waals surface area contributed by atoms with Crippen molar-refractivity contribution in [1.82, 2.24) is 5.32 Å². The van der Waals surface area contributed by atoms with Gasteiger partial charge in [0.05, 0.1) is 4.92 Å². The number of benzene rings is 1. The maximum Gasteiger partial charge on any atom is 0.305 e. The molecule has 0 heterocycles. The van der Waals surface area contributed by atoms with Crippen LogP contribution in [-0.2, 0) is 4.79 Å². The van der Waals surface area contributed by atoms with Crippen LogP contribution in [-0.4, -0.2) is 23.0 Å². The summed E-state index contributed by atoms with van der Waals surface area (Å²) in [6, 6.07) is 3.24. The van der Waals surface area contributed by atoms with Crippen LogP contribution in [0, 0.1) is 15.9 Å². The SMILES string of the molecule is CCC(CC)NC(=O)C(C)Oc1ccc([N+](=O)[O-])c(F)c1. The summed E-state index contributed by atoms with van der Waals surface area (Å²) in [5.74, 6) is -1.22. The van der Waals surface area contributed by atoms with Gasteiger partial charge in [-0.05, 0) is 25.8 Å². The van der Waals surface area contributed by atoms with Crippen LogP contribution in [0.15, 0.2) is 18.2 Å². The van der Waals surface area contributed by atoms with Crippen LogP contribution in [0.25, 0.3) is 0 Å². The Hall–Kier alpha value is -2.18. The lowest BCUT2D eigenvalue weighted by Crippen LogP contribution is -2.42. The molecule has 0 saturated carbocycles. The van der Waals surface area contributed by atoms with E-state index >= 15 is 0 Å². The van der Waals surface area contributed by atoms with E-state index in [2.05, 4.69) is 5.32 Å². The molecule has 0 bridgehead atoms. The fourth-order valence-electron chi connectivity index (χ4n) is 1.78. The molecule has 0 aliphatic carbocycles. The summed E-state index contributed by atoms with van der Waals surface area (Å²) in [6.45, 7) is 5.47. The number of nitro benzene ring substituents is 1. The third-order valence-electron chi connectivity index (χ3n) is 3.13. The Balaban J connectivity index is 2.70. The first-order valence-electron chi connectivity index (χ1n) is 6.80. The molecule has 0 spiro atoms. The Morgan fingerprint density at radius 3 is 2.52 bits per heavy atom. The van der Waals surface area contributed by atoms with Crippen molar-refractivity contribution >= 4 is 11.6 Å². The summed E-state index contributed by atoms with van der Waals surface area (Å²) in [7, 11) is 0. The van der Waals surface area contributed by atoms with Crippen LogP contribution in [0.5, 0.6) is 5.75 Å². The van der Waals surface area contributed by atoms with E-state index in [4.69, 9.17) is 4.74 Å². The van der Waals surface area contributed by atoms with Gasteiger partial charge in [-0.15, -0.1) is 0 Å². The highest BCUT2D eigenvalue weighted by Crippen LogP contribution is 2.23. The number of halogens is 1. The summed E-state index contributed by atoms with van der Waals surface area (Å²) >= 11 is 0. The van der Waals surface area contributed by atoms with Gasteiger partial charge in [0.25, 0.3) is 5.91 Å². The van der Waals surface area contributed by atoms with E-state index in [0.29, 0.717) is 0 Å². The number of hydrogen-bond donors (Lipinski definition) is 1. The minimum Gasteiger partial charge on any atom is -0.481 e. The van der Waals surface area contributed by atoms with Crippen molar-refractivity contribution in [3.05, 3.63) is 34.1 Å². The molecule has 7 heteroatoms. The fraction of sp³-hybridized carbons (Fsp3) is 0.500. The molecule has 1 N–H and O–H groups in total. The van der Waals surface area contributed by atoms with E-state index in [0.717, 1.165) is 25.0 Å². The molecule has 6 nitrogen and oxygen atoms in total. The van der Waals surface area contributed by atoms with Crippen LogP contribution in [0.2, 0.25) is 0 Å². The third kappa shape index (κ3) is 4.70. The number of nitrogens with one attached hydrogen (secondary N) is 1. The van der Waals surface area contributed by atoms with Crippen molar-refractivity contribution in [3.63, 3.8) is 0 Å². The first-order valence-corrected chi connectivity index (χ1v) is 6.80. The molecule has 0 radical (unpaired) electrons. The first-order chi connectivity index (χ1) is 9.88. The number of rotatable bonds is 7. The number of ether oxygens (including phenoxy) is 1. The Bertz CT molecular complexity index is 518. The van der Waals surface area contributed by atoms with Crippen LogP contribution in [0.4, 0.5) is 10.1 Å². The molecule has 1 atom stereocenters. The second kappa shape index (κ2) is 7.56. The topological polar surface area (TPSA) is 81.5 Å². The molecule has 21 heavy (non-hydrogen) atoms. The standard InChI is InChI=1S/C14H19FN2O4/c1-4-10(5-2)16-14(18)9(3)21-11-6-7-13(17(19)20)12(15)8-11/h6-10H,4-5H2,1-3H3,(H,16,18). The monoisotopic (exact) mass is 298 g/mol. The largest absolute Gasteiger partial charge is 0.481 e. The molecular formula is C14H19FN2O4. The summed E-state index contributed by atoms with van der Waals surface area (Å²) < 4.78 is 18.8. The Morgan fingerprint density at radius 2 is 2.05 bits per heavy atom. The van der Waals surface area contributed by atoms with E-state index in [9.17, 15) is 19.3 Å². The summed E-state index contributed by atoms with van der Waals surface area (Å²) in [6.07, 6.45) is 0.800. The molecule has 1 unspecified atom stereocenters. The highest BCUT2D eigenvalue weighted by atomic mass is 19.1. The Morgan fingerprint density at radius 1 is 1.43 bits per heavy atom. The van der Waals surface area contributed by atoms with Crippen molar-refractivity contribution < 1.29 is 18.8 Å². The molecule has 0 fully saturated rings. The van der Waals surface area contributed by atoms with Gasteiger partial charge in [-0.2, -0.15) is 4.39 Å². The van der Waals surface area contributed by atoms with Gasteiger partial charge in [0.2, 0.25) is 5.82 Å². The quantitative estimate of drug-likeness (QED) is 0.620. The number of nitro groups is 1. The number of nitrogens with zero attached hydrogens (tertiary/aromatic N) is 1. The minimum atomic E-state index is -0.995. The fourth-order valence-corrected chi connectivity index (χ4v) is 1.78. The lowest BCUT2D eigenvalue weighted by Gasteiger charge is -2.19. The zero-order valence-corrected chi connectivity index (χ0v) is 12.3. The van der Waals surface area contributed by atoms with E-state index < -0.39 is 22.5 Å². The number of hydrogen-bond acceptors (Lipinski definition) is 4. The van der Waals surface area contributed by atoms with Crippen LogP contribution >= 0.6 is 0 Å². The van der Waals surface area contributed by atoms with Gasteiger partial charge in [0.1, 0.15) is 5.75 Å². The van der Waals surface area contributed by atoms with Crippen molar-refractivity contribution in [1.29, 1.82) is 0 Å². The molecule has 1 aromatic rings. The van der Waals surface area contributed by atoms with E-state index in [1.54, 1.807) is 0 Å². The Kier molecular flexibility index (Phi) is 6.08. The lowest BCUT2D eigenvalue weighted by molar-refractivity contribution is -0.387. The van der Waals surface area contributed by atoms with Crippen molar-refractivity contribution in [3.8, 4) is 5.75 Å². The molecule has 0 aliphatic heterocycles. The zero-order valence-electron chi connectivity index (χ0n) is 12.3. The van der Waals surface area contributed by atoms with Gasteiger partial charge >= 0.3 is 5.69 Å². The van der Waals surface area contributed by atoms with Gasteiger partial charge in [0.15, 0.2) is 6.10 Å². The van der Waals surface area contributed by atoms with E-state index in [1.807, 2.05) is 13.8 Å². The summed E-state index contributed by atoms with van der Waals surface area (Å²) in [5.41, 5.74) is -0.628. The maximum atomic E-state index is 13.4. The average Bonchev–Trinajstić information content (AvgIpc) is 2.44. The smallest absolute Gasteiger partial charge is 0.305 e. The number of carbonyl (C=O) groups is 1. The molecular weight excluding hydrogens is 279 g/mol. The summed E-state index contributed by atoms with van der Waals surface area (Å²) in [4.78, 5) is 21.6. The van der Waals surface area contributed by atoms with Gasteiger partial charge in [-0.3, -0.25) is 14.9 Å². The number of carbonyl (C=O) groups excluding carboxylic acids is 1. The van der Waals surface area contributed by atoms with Crippen LogP contribution in [0.1, 0.15) is 33.6 Å². The van der Waals surface area contributed by atoms with E-state index in [-0.39, 0.29) is 17.7 Å². The van der Waals surface area contributed by atoms with Crippen molar-refractivity contribution in [2.24, 2.45) is 0 Å². The normalized spacial score (nSPS) is 12.0. The van der Waals surface area contributed by atoms with Gasteiger partial charge in [-0.25, -0.2) is 0 Å². The zero-order chi connectivity index (χ0) is 16.0. The second-order valence-corrected chi connectivity index (χ2v) is 4.65. The molecule has 1 amide bonds. The molecule has 0 aliphatic rings. The maximum absolute atomic E-state index is 13.4. The highest BCUT2D eigenvalue weighted by molar-refractivity contribution is 5.81. The predicted octanol–water partition coefficient (Wildman–Crippen LogP) is 2.81. The molecule has 0 aromatic heterocycles. The summed E-state index contributed by atoms with van der Waals surface area (Å²) in [5, 5.41) is 13.3. The van der Waals surface area contributed by atoms with Gasteiger partial charge < -0.3 is 10.1 Å². The van der Waals surface area contributed by atoms with Crippen LogP contribution < -0.4 is 10.1 Å². The molecule has 1 rings (SSSR count).